The molecule has 0 saturated carbocycles. The summed E-state index contributed by atoms with van der Waals surface area (Å²) in [6.07, 6.45) is -5.06. The number of nitrogens with one attached hydrogen (secondary N) is 2. The van der Waals surface area contributed by atoms with Crippen LogP contribution in [0.4, 0.5) is 22.0 Å². The van der Waals surface area contributed by atoms with Gasteiger partial charge in [0.2, 0.25) is 0 Å². The van der Waals surface area contributed by atoms with E-state index >= 15 is 0 Å². The molecular weight excluding hydrogens is 403 g/mol. The van der Waals surface area contributed by atoms with E-state index in [-0.39, 0.29) is 28.2 Å². The van der Waals surface area contributed by atoms with Crippen LogP contribution in [0.1, 0.15) is 31.1 Å². The number of hydrogen-bond donors (Lipinski definition) is 2. The number of nitrogens with zero attached hydrogens (tertiary/aromatic N) is 2. The van der Waals surface area contributed by atoms with E-state index in [4.69, 9.17) is 0 Å². The number of rotatable bonds is 5. The first-order valence-corrected chi connectivity index (χ1v) is 8.36. The zero-order valence-corrected chi connectivity index (χ0v) is 15.1. The standard InChI is InChI=1S/C17H15F5N4O3/c1-7(2)13(8-3-4-11(9(19)5-8)29-17(20,21)22)26-14-12(10(6-18)25-26)15(27)24-16(28)23-14/h3-5,7,13H,6H2,1-2H3,(H2,23,24,27,28)/t13-/m0/s1. The molecule has 7 nitrogen and oxygen atoms in total. The summed E-state index contributed by atoms with van der Waals surface area (Å²) in [6.45, 7) is 2.31. The summed E-state index contributed by atoms with van der Waals surface area (Å²) in [7, 11) is 0. The predicted molar refractivity (Wildman–Crippen MR) is 91.8 cm³/mol. The Hall–Kier alpha value is -3.18. The number of benzene rings is 1. The Morgan fingerprint density at radius 2 is 1.90 bits per heavy atom. The third-order valence-corrected chi connectivity index (χ3v) is 4.21. The second-order valence-corrected chi connectivity index (χ2v) is 6.58. The molecule has 12 heteroatoms. The fraction of sp³-hybridized carbons (Fsp3) is 0.353. The Labute approximate surface area is 159 Å². The number of ether oxygens (including phenoxy) is 1. The summed E-state index contributed by atoms with van der Waals surface area (Å²) in [5.41, 5.74) is -1.83. The monoisotopic (exact) mass is 418 g/mol. The second kappa shape index (κ2) is 7.33. The van der Waals surface area contributed by atoms with Crippen LogP contribution in [0, 0.1) is 11.7 Å². The number of halogens is 5. The molecule has 2 N–H and O–H groups in total. The molecule has 0 saturated heterocycles. The van der Waals surface area contributed by atoms with Crippen molar-refractivity contribution in [1.82, 2.24) is 19.7 Å². The Morgan fingerprint density at radius 1 is 1.21 bits per heavy atom. The van der Waals surface area contributed by atoms with Gasteiger partial charge in [-0.15, -0.1) is 13.2 Å². The summed E-state index contributed by atoms with van der Waals surface area (Å²) < 4.78 is 69.4. The van der Waals surface area contributed by atoms with E-state index in [2.05, 4.69) is 14.8 Å². The van der Waals surface area contributed by atoms with Gasteiger partial charge in [0, 0.05) is 0 Å². The first kappa shape index (κ1) is 20.6. The maximum atomic E-state index is 14.2. The van der Waals surface area contributed by atoms with E-state index in [1.165, 1.54) is 6.07 Å². The lowest BCUT2D eigenvalue weighted by Gasteiger charge is -2.23. The molecule has 0 spiro atoms. The molecular formula is C17H15F5N4O3. The average molecular weight is 418 g/mol. The number of aromatic nitrogens is 4. The third kappa shape index (κ3) is 4.00. The zero-order chi connectivity index (χ0) is 21.5. The van der Waals surface area contributed by atoms with Crippen LogP contribution in [-0.4, -0.2) is 26.1 Å². The maximum Gasteiger partial charge on any atom is 0.573 e. The summed E-state index contributed by atoms with van der Waals surface area (Å²) in [4.78, 5) is 28.1. The third-order valence-electron chi connectivity index (χ3n) is 4.21. The van der Waals surface area contributed by atoms with Crippen molar-refractivity contribution in [1.29, 1.82) is 0 Å². The molecule has 0 radical (unpaired) electrons. The molecule has 0 aliphatic carbocycles. The van der Waals surface area contributed by atoms with Crippen molar-refractivity contribution >= 4 is 11.0 Å². The van der Waals surface area contributed by atoms with Crippen molar-refractivity contribution < 1.29 is 26.7 Å². The second-order valence-electron chi connectivity index (χ2n) is 6.58. The van der Waals surface area contributed by atoms with Gasteiger partial charge in [0.05, 0.1) is 6.04 Å². The first-order chi connectivity index (χ1) is 13.5. The van der Waals surface area contributed by atoms with Crippen LogP contribution in [0.15, 0.2) is 27.8 Å². The molecule has 3 rings (SSSR count). The van der Waals surface area contributed by atoms with Gasteiger partial charge in [-0.25, -0.2) is 18.3 Å². The topological polar surface area (TPSA) is 92.8 Å². The van der Waals surface area contributed by atoms with E-state index in [9.17, 15) is 31.5 Å². The molecule has 0 aliphatic rings. The molecule has 2 heterocycles. The van der Waals surface area contributed by atoms with Crippen LogP contribution in [-0.2, 0) is 6.67 Å². The molecule has 2 aromatic heterocycles. The van der Waals surface area contributed by atoms with Crippen molar-refractivity contribution in [3.05, 3.63) is 56.1 Å². The SMILES string of the molecule is CC(C)[C@@H](c1ccc(OC(F)(F)F)c(F)c1)n1nc(CF)c2c(=O)[nH]c(=O)[nH]c21. The molecule has 0 fully saturated rings. The molecule has 0 amide bonds. The van der Waals surface area contributed by atoms with Gasteiger partial charge in [-0.2, -0.15) is 5.10 Å². The number of aromatic amines is 2. The smallest absolute Gasteiger partial charge is 0.403 e. The van der Waals surface area contributed by atoms with Gasteiger partial charge in [-0.05, 0) is 23.6 Å². The van der Waals surface area contributed by atoms with Crippen LogP contribution in [0.2, 0.25) is 0 Å². The molecule has 0 aliphatic heterocycles. The summed E-state index contributed by atoms with van der Waals surface area (Å²) in [5, 5.41) is 3.87. The fourth-order valence-electron chi connectivity index (χ4n) is 3.16. The van der Waals surface area contributed by atoms with Crippen molar-refractivity contribution in [2.24, 2.45) is 5.92 Å². The van der Waals surface area contributed by atoms with Gasteiger partial charge >= 0.3 is 12.1 Å². The minimum atomic E-state index is -5.06. The molecule has 156 valence electrons. The lowest BCUT2D eigenvalue weighted by atomic mass is 9.96. The average Bonchev–Trinajstić information content (AvgIpc) is 2.94. The Kier molecular flexibility index (Phi) is 5.20. The summed E-state index contributed by atoms with van der Waals surface area (Å²) in [5.74, 6) is -2.61. The Balaban J connectivity index is 2.19. The summed E-state index contributed by atoms with van der Waals surface area (Å²) >= 11 is 0. The molecule has 1 aromatic carbocycles. The zero-order valence-electron chi connectivity index (χ0n) is 15.1. The van der Waals surface area contributed by atoms with E-state index < -0.39 is 41.9 Å². The maximum absolute atomic E-state index is 14.2. The molecule has 3 aromatic rings. The lowest BCUT2D eigenvalue weighted by Crippen LogP contribution is -2.25. The van der Waals surface area contributed by atoms with E-state index in [1.807, 2.05) is 4.98 Å². The van der Waals surface area contributed by atoms with Crippen LogP contribution in [0.3, 0.4) is 0 Å². The lowest BCUT2D eigenvalue weighted by molar-refractivity contribution is -0.275. The van der Waals surface area contributed by atoms with Gasteiger partial charge in [-0.1, -0.05) is 19.9 Å². The van der Waals surface area contributed by atoms with E-state index in [0.29, 0.717) is 0 Å². The van der Waals surface area contributed by atoms with Crippen molar-refractivity contribution in [3.8, 4) is 5.75 Å². The molecule has 1 atom stereocenters. The predicted octanol–water partition coefficient (Wildman–Crippen LogP) is 3.17. The number of hydrogen-bond acceptors (Lipinski definition) is 4. The summed E-state index contributed by atoms with van der Waals surface area (Å²) in [6, 6.07) is 2.01. The highest BCUT2D eigenvalue weighted by atomic mass is 19.4. The van der Waals surface area contributed by atoms with Gasteiger partial charge in [0.1, 0.15) is 23.4 Å². The van der Waals surface area contributed by atoms with Crippen molar-refractivity contribution in [2.75, 3.05) is 0 Å². The Morgan fingerprint density at radius 3 is 2.45 bits per heavy atom. The van der Waals surface area contributed by atoms with Gasteiger partial charge < -0.3 is 4.74 Å². The van der Waals surface area contributed by atoms with Crippen molar-refractivity contribution in [3.63, 3.8) is 0 Å². The Bertz CT molecular complexity index is 1160. The normalized spacial score (nSPS) is 13.2. The van der Waals surface area contributed by atoms with Crippen LogP contribution >= 0.6 is 0 Å². The molecule has 29 heavy (non-hydrogen) atoms. The van der Waals surface area contributed by atoms with Gasteiger partial charge in [-0.3, -0.25) is 14.8 Å². The van der Waals surface area contributed by atoms with Gasteiger partial charge in [0.25, 0.3) is 5.56 Å². The molecule has 0 bridgehead atoms. The van der Waals surface area contributed by atoms with Crippen LogP contribution < -0.4 is 16.0 Å². The van der Waals surface area contributed by atoms with Crippen LogP contribution in [0.5, 0.6) is 5.75 Å². The first-order valence-electron chi connectivity index (χ1n) is 8.36. The number of alkyl halides is 4. The minimum Gasteiger partial charge on any atom is -0.403 e. The highest BCUT2D eigenvalue weighted by molar-refractivity contribution is 5.77. The van der Waals surface area contributed by atoms with Crippen molar-refractivity contribution in [2.45, 2.75) is 32.9 Å². The number of fused-ring (bicyclic) bond motifs is 1. The van der Waals surface area contributed by atoms with E-state index in [1.54, 1.807) is 13.8 Å². The fourth-order valence-corrected chi connectivity index (χ4v) is 3.16. The number of H-pyrrole nitrogens is 2. The van der Waals surface area contributed by atoms with E-state index in [0.717, 1.165) is 16.8 Å². The minimum absolute atomic E-state index is 0.0823. The van der Waals surface area contributed by atoms with Gasteiger partial charge in [0.15, 0.2) is 11.6 Å². The quantitative estimate of drug-likeness (QED) is 0.623. The highest BCUT2D eigenvalue weighted by Crippen LogP contribution is 2.33. The highest BCUT2D eigenvalue weighted by Gasteiger charge is 2.33. The largest absolute Gasteiger partial charge is 0.573 e. The van der Waals surface area contributed by atoms with Crippen LogP contribution in [0.25, 0.3) is 11.0 Å². The molecule has 0 unspecified atom stereocenters.